The number of hydrogen-bond acceptors (Lipinski definition) is 6. The highest BCUT2D eigenvalue weighted by Crippen LogP contribution is 2.22. The molecule has 3 aromatic rings. The van der Waals surface area contributed by atoms with Crippen LogP contribution in [0.3, 0.4) is 0 Å². The van der Waals surface area contributed by atoms with E-state index in [4.69, 9.17) is 19.2 Å². The Morgan fingerprint density at radius 3 is 2.80 bits per heavy atom. The van der Waals surface area contributed by atoms with Gasteiger partial charge in [0.25, 0.3) is 0 Å². The molecule has 0 fully saturated rings. The lowest BCUT2D eigenvalue weighted by molar-refractivity contribution is -0.136. The molecular weight excluding hydrogens is 322 g/mol. The quantitative estimate of drug-likeness (QED) is 0.414. The molecule has 0 aliphatic rings. The number of aryl methyl sites for hydroxylation is 1. The van der Waals surface area contributed by atoms with Crippen LogP contribution < -0.4 is 15.1 Å². The molecule has 0 saturated heterocycles. The number of para-hydroxylation sites is 1. The molecule has 25 heavy (non-hydrogen) atoms. The van der Waals surface area contributed by atoms with Crippen molar-refractivity contribution in [3.8, 4) is 17.6 Å². The molecule has 2 aromatic carbocycles. The normalized spacial score (nSPS) is 10.2. The number of benzene rings is 2. The van der Waals surface area contributed by atoms with Crippen LogP contribution in [0.4, 0.5) is 0 Å². The minimum Gasteiger partial charge on any atom is -0.481 e. The molecule has 0 radical (unpaired) electrons. The number of rotatable bonds is 4. The molecule has 0 atom stereocenters. The molecule has 0 N–H and O–H groups in total. The van der Waals surface area contributed by atoms with Crippen LogP contribution in [-0.2, 0) is 4.79 Å². The first kappa shape index (κ1) is 16.3. The summed E-state index contributed by atoms with van der Waals surface area (Å²) in [6.07, 6.45) is 0. The molecule has 0 spiro atoms. The van der Waals surface area contributed by atoms with E-state index in [9.17, 15) is 9.59 Å². The third-order valence-electron chi connectivity index (χ3n) is 3.51. The van der Waals surface area contributed by atoms with E-state index in [1.807, 2.05) is 6.07 Å². The van der Waals surface area contributed by atoms with Gasteiger partial charge in [-0.1, -0.05) is 12.1 Å². The molecule has 3 rings (SSSR count). The summed E-state index contributed by atoms with van der Waals surface area (Å²) >= 11 is 0. The molecule has 0 saturated carbocycles. The van der Waals surface area contributed by atoms with E-state index in [1.165, 1.54) is 12.1 Å². The monoisotopic (exact) mass is 335 g/mol. The highest BCUT2D eigenvalue weighted by atomic mass is 16.6. The summed E-state index contributed by atoms with van der Waals surface area (Å²) in [5.41, 5.74) is 0.981. The lowest BCUT2D eigenvalue weighted by Gasteiger charge is -2.08. The van der Waals surface area contributed by atoms with E-state index in [2.05, 4.69) is 0 Å². The number of carbonyl (C=O) groups is 1. The smallest absolute Gasteiger partial charge is 0.349 e. The topological polar surface area (TPSA) is 89.5 Å². The molecular formula is C19H13NO5. The number of hydrogen-bond donors (Lipinski definition) is 0. The van der Waals surface area contributed by atoms with Crippen LogP contribution in [0.25, 0.3) is 11.0 Å². The molecule has 0 bridgehead atoms. The Balaban J connectivity index is 1.72. The van der Waals surface area contributed by atoms with E-state index in [-0.39, 0.29) is 12.4 Å². The predicted octanol–water partition coefficient (Wildman–Crippen LogP) is 2.96. The van der Waals surface area contributed by atoms with Crippen molar-refractivity contribution in [3.63, 3.8) is 0 Å². The lowest BCUT2D eigenvalue weighted by atomic mass is 10.1. The first-order valence-electron chi connectivity index (χ1n) is 7.44. The van der Waals surface area contributed by atoms with Crippen molar-refractivity contribution in [2.45, 2.75) is 6.92 Å². The van der Waals surface area contributed by atoms with E-state index in [1.54, 1.807) is 43.3 Å². The highest BCUT2D eigenvalue weighted by molar-refractivity contribution is 5.82. The minimum absolute atomic E-state index is 0.239. The Bertz CT molecular complexity index is 1050. The third-order valence-corrected chi connectivity index (χ3v) is 3.51. The minimum atomic E-state index is -0.637. The number of fused-ring (bicyclic) bond motifs is 1. The van der Waals surface area contributed by atoms with Crippen LogP contribution >= 0.6 is 0 Å². The Labute approximate surface area is 142 Å². The zero-order valence-corrected chi connectivity index (χ0v) is 13.3. The number of nitriles is 1. The van der Waals surface area contributed by atoms with Gasteiger partial charge in [-0.15, -0.1) is 0 Å². The summed E-state index contributed by atoms with van der Waals surface area (Å²) in [5, 5.41) is 9.74. The van der Waals surface area contributed by atoms with E-state index >= 15 is 0 Å². The SMILES string of the molecule is Cc1cc(=O)oc2cc(OC(=O)COc3ccccc3C#N)ccc12. The standard InChI is InChI=1S/C19H13NO5/c1-12-8-18(21)25-17-9-14(6-7-15(12)17)24-19(22)11-23-16-5-3-2-4-13(16)10-20/h2-9H,11H2,1H3. The molecule has 1 heterocycles. The second-order valence-electron chi connectivity index (χ2n) is 5.28. The van der Waals surface area contributed by atoms with Gasteiger partial charge in [0.2, 0.25) is 0 Å². The summed E-state index contributed by atoms with van der Waals surface area (Å²) in [5.74, 6) is -0.0902. The first-order chi connectivity index (χ1) is 12.1. The maximum Gasteiger partial charge on any atom is 0.349 e. The summed E-state index contributed by atoms with van der Waals surface area (Å²) in [4.78, 5) is 23.4. The Hall–Kier alpha value is -3.59. The third kappa shape index (κ3) is 3.67. The maximum atomic E-state index is 11.9. The lowest BCUT2D eigenvalue weighted by Crippen LogP contribution is -2.18. The van der Waals surface area contributed by atoms with Gasteiger partial charge >= 0.3 is 11.6 Å². The fourth-order valence-corrected chi connectivity index (χ4v) is 2.35. The Morgan fingerprint density at radius 1 is 1.20 bits per heavy atom. The van der Waals surface area contributed by atoms with Gasteiger partial charge in [0, 0.05) is 17.5 Å². The molecule has 0 aliphatic carbocycles. The van der Waals surface area contributed by atoms with Crippen molar-refractivity contribution in [1.29, 1.82) is 5.26 Å². The zero-order chi connectivity index (χ0) is 17.8. The number of esters is 1. The number of carbonyl (C=O) groups excluding carboxylic acids is 1. The average molecular weight is 335 g/mol. The molecule has 1 aromatic heterocycles. The number of nitrogens with zero attached hydrogens (tertiary/aromatic N) is 1. The van der Waals surface area contributed by atoms with Gasteiger partial charge in [0.1, 0.15) is 23.2 Å². The van der Waals surface area contributed by atoms with Crippen molar-refractivity contribution in [2.24, 2.45) is 0 Å². The second kappa shape index (κ2) is 6.89. The van der Waals surface area contributed by atoms with Gasteiger partial charge in [0.05, 0.1) is 5.56 Å². The summed E-state index contributed by atoms with van der Waals surface area (Å²) < 4.78 is 15.6. The molecule has 124 valence electrons. The first-order valence-corrected chi connectivity index (χ1v) is 7.44. The number of ether oxygens (including phenoxy) is 2. The van der Waals surface area contributed by atoms with Crippen molar-refractivity contribution < 1.29 is 18.7 Å². The van der Waals surface area contributed by atoms with E-state index in [0.717, 1.165) is 10.9 Å². The summed E-state index contributed by atoms with van der Waals surface area (Å²) in [6, 6.07) is 14.8. The Morgan fingerprint density at radius 2 is 2.00 bits per heavy atom. The van der Waals surface area contributed by atoms with Gasteiger partial charge in [0.15, 0.2) is 6.61 Å². The van der Waals surface area contributed by atoms with Crippen LogP contribution in [0.15, 0.2) is 57.7 Å². The van der Waals surface area contributed by atoms with Gasteiger partial charge in [-0.25, -0.2) is 9.59 Å². The molecule has 6 nitrogen and oxygen atoms in total. The van der Waals surface area contributed by atoms with Gasteiger partial charge in [-0.3, -0.25) is 0 Å². The second-order valence-corrected chi connectivity index (χ2v) is 5.28. The van der Waals surface area contributed by atoms with Crippen molar-refractivity contribution in [1.82, 2.24) is 0 Å². The fraction of sp³-hybridized carbons (Fsp3) is 0.105. The van der Waals surface area contributed by atoms with Crippen molar-refractivity contribution in [2.75, 3.05) is 6.61 Å². The van der Waals surface area contributed by atoms with Gasteiger partial charge < -0.3 is 13.9 Å². The molecule has 6 heteroatoms. The highest BCUT2D eigenvalue weighted by Gasteiger charge is 2.10. The molecule has 0 unspecified atom stereocenters. The zero-order valence-electron chi connectivity index (χ0n) is 13.3. The Kier molecular flexibility index (Phi) is 4.48. The summed E-state index contributed by atoms with van der Waals surface area (Å²) in [7, 11) is 0. The maximum absolute atomic E-state index is 11.9. The van der Waals surface area contributed by atoms with Crippen LogP contribution in [0.5, 0.6) is 11.5 Å². The predicted molar refractivity (Wildman–Crippen MR) is 89.5 cm³/mol. The van der Waals surface area contributed by atoms with Crippen molar-refractivity contribution >= 4 is 16.9 Å². The largest absolute Gasteiger partial charge is 0.481 e. The summed E-state index contributed by atoms with van der Waals surface area (Å²) in [6.45, 7) is 1.44. The van der Waals surface area contributed by atoms with E-state index < -0.39 is 11.6 Å². The molecule has 0 amide bonds. The van der Waals surface area contributed by atoms with Crippen LogP contribution in [0.1, 0.15) is 11.1 Å². The molecule has 0 aliphatic heterocycles. The average Bonchev–Trinajstić information content (AvgIpc) is 2.59. The van der Waals surface area contributed by atoms with Crippen LogP contribution in [-0.4, -0.2) is 12.6 Å². The van der Waals surface area contributed by atoms with E-state index in [0.29, 0.717) is 16.9 Å². The van der Waals surface area contributed by atoms with Crippen molar-refractivity contribution in [3.05, 3.63) is 70.1 Å². The van der Waals surface area contributed by atoms with Gasteiger partial charge in [-0.2, -0.15) is 5.26 Å². The van der Waals surface area contributed by atoms with Crippen LogP contribution in [0.2, 0.25) is 0 Å². The van der Waals surface area contributed by atoms with Crippen LogP contribution in [0, 0.1) is 18.3 Å². The van der Waals surface area contributed by atoms with Gasteiger partial charge in [-0.05, 0) is 36.8 Å². The fourth-order valence-electron chi connectivity index (χ4n) is 2.35.